The molecule has 150 valence electrons. The number of fused-ring (bicyclic) bond motifs is 3. The van der Waals surface area contributed by atoms with E-state index in [9.17, 15) is 9.59 Å². The van der Waals surface area contributed by atoms with Crippen molar-refractivity contribution >= 4 is 22.8 Å². The van der Waals surface area contributed by atoms with Crippen molar-refractivity contribution in [3.63, 3.8) is 0 Å². The van der Waals surface area contributed by atoms with Crippen LogP contribution in [-0.2, 0) is 24.2 Å². The van der Waals surface area contributed by atoms with E-state index >= 15 is 0 Å². The number of rotatable bonds is 6. The van der Waals surface area contributed by atoms with E-state index in [1.165, 1.54) is 18.4 Å². The van der Waals surface area contributed by atoms with Gasteiger partial charge < -0.3 is 19.8 Å². The third-order valence-corrected chi connectivity index (χ3v) is 5.23. The average molecular weight is 392 g/mol. The molecule has 0 spiro atoms. The van der Waals surface area contributed by atoms with Gasteiger partial charge in [-0.1, -0.05) is 12.1 Å². The monoisotopic (exact) mass is 392 g/mol. The molecule has 0 fully saturated rings. The molecular weight excluding hydrogens is 368 g/mol. The van der Waals surface area contributed by atoms with Crippen LogP contribution in [0.15, 0.2) is 46.9 Å². The third kappa shape index (κ3) is 4.26. The Morgan fingerprint density at radius 1 is 1.07 bits per heavy atom. The number of benzene rings is 2. The van der Waals surface area contributed by atoms with Crippen LogP contribution in [0.25, 0.3) is 11.0 Å². The van der Waals surface area contributed by atoms with Gasteiger partial charge in [0.05, 0.1) is 0 Å². The molecule has 1 aliphatic rings. The number of ether oxygens (including phenoxy) is 1. The lowest BCUT2D eigenvalue weighted by molar-refractivity contribution is -0.123. The SMILES string of the molecule is CNC(=O)c1ccc(CNC(=O)COc2ccc3oc4c(c3c2)CCCC4)cc1. The minimum Gasteiger partial charge on any atom is -0.484 e. The number of carbonyl (C=O) groups excluding carboxylic acids is 2. The first-order valence-electron chi connectivity index (χ1n) is 9.89. The van der Waals surface area contributed by atoms with Gasteiger partial charge in [0.25, 0.3) is 11.8 Å². The van der Waals surface area contributed by atoms with E-state index in [1.807, 2.05) is 30.3 Å². The number of furan rings is 1. The molecule has 0 bridgehead atoms. The normalized spacial score (nSPS) is 13.0. The number of carbonyl (C=O) groups is 2. The van der Waals surface area contributed by atoms with Gasteiger partial charge in [-0.25, -0.2) is 0 Å². The maximum atomic E-state index is 12.1. The second kappa shape index (κ2) is 8.39. The van der Waals surface area contributed by atoms with Crippen molar-refractivity contribution in [1.29, 1.82) is 0 Å². The van der Waals surface area contributed by atoms with E-state index in [0.29, 0.717) is 17.9 Å². The number of aryl methyl sites for hydroxylation is 2. The molecular formula is C23H24N2O4. The van der Waals surface area contributed by atoms with Crippen molar-refractivity contribution in [2.45, 2.75) is 32.2 Å². The zero-order chi connectivity index (χ0) is 20.2. The highest BCUT2D eigenvalue weighted by atomic mass is 16.5. The highest BCUT2D eigenvalue weighted by Crippen LogP contribution is 2.33. The average Bonchev–Trinajstić information content (AvgIpc) is 3.14. The summed E-state index contributed by atoms with van der Waals surface area (Å²) in [7, 11) is 1.59. The third-order valence-electron chi connectivity index (χ3n) is 5.23. The van der Waals surface area contributed by atoms with Gasteiger partial charge in [-0.05, 0) is 55.2 Å². The Kier molecular flexibility index (Phi) is 5.51. The number of hydrogen-bond donors (Lipinski definition) is 2. The summed E-state index contributed by atoms with van der Waals surface area (Å²) in [5.41, 5.74) is 3.66. The zero-order valence-electron chi connectivity index (χ0n) is 16.4. The van der Waals surface area contributed by atoms with Gasteiger partial charge in [-0.15, -0.1) is 0 Å². The molecule has 6 heteroatoms. The second-order valence-corrected chi connectivity index (χ2v) is 7.21. The van der Waals surface area contributed by atoms with Crippen LogP contribution in [0.2, 0.25) is 0 Å². The molecule has 6 nitrogen and oxygen atoms in total. The van der Waals surface area contributed by atoms with Crippen LogP contribution in [0.3, 0.4) is 0 Å². The predicted octanol–water partition coefficient (Wildman–Crippen LogP) is 3.37. The van der Waals surface area contributed by atoms with Crippen LogP contribution in [0, 0.1) is 0 Å². The minimum absolute atomic E-state index is 0.0537. The molecule has 2 amide bonds. The maximum Gasteiger partial charge on any atom is 0.258 e. The number of nitrogens with one attached hydrogen (secondary N) is 2. The standard InChI is InChI=1S/C23H24N2O4/c1-24-23(27)16-8-6-15(7-9-16)13-25-22(26)14-28-17-10-11-21-19(12-17)18-4-2-3-5-20(18)29-21/h6-12H,2-5,13-14H2,1H3,(H,24,27)(H,25,26). The lowest BCUT2D eigenvalue weighted by Crippen LogP contribution is -2.28. The van der Waals surface area contributed by atoms with Crippen LogP contribution in [-0.4, -0.2) is 25.5 Å². The van der Waals surface area contributed by atoms with Crippen LogP contribution in [0.4, 0.5) is 0 Å². The van der Waals surface area contributed by atoms with Crippen LogP contribution < -0.4 is 15.4 Å². The van der Waals surface area contributed by atoms with Gasteiger partial charge >= 0.3 is 0 Å². The first-order chi connectivity index (χ1) is 14.1. The van der Waals surface area contributed by atoms with E-state index in [0.717, 1.165) is 35.1 Å². The van der Waals surface area contributed by atoms with Crippen molar-refractivity contribution in [3.05, 3.63) is 64.9 Å². The fourth-order valence-corrected chi connectivity index (χ4v) is 3.65. The summed E-state index contributed by atoms with van der Waals surface area (Å²) >= 11 is 0. The number of amides is 2. The van der Waals surface area contributed by atoms with Crippen molar-refractivity contribution in [2.24, 2.45) is 0 Å². The lowest BCUT2D eigenvalue weighted by Gasteiger charge is -2.10. The molecule has 3 aromatic rings. The molecule has 2 aromatic carbocycles. The zero-order valence-corrected chi connectivity index (χ0v) is 16.4. The van der Waals surface area contributed by atoms with E-state index in [4.69, 9.17) is 9.15 Å². The fraction of sp³-hybridized carbons (Fsp3) is 0.304. The molecule has 2 N–H and O–H groups in total. The summed E-state index contributed by atoms with van der Waals surface area (Å²) in [6.07, 6.45) is 4.38. The van der Waals surface area contributed by atoms with Gasteiger partial charge in [-0.2, -0.15) is 0 Å². The molecule has 1 heterocycles. The molecule has 0 atom stereocenters. The topological polar surface area (TPSA) is 80.6 Å². The number of hydrogen-bond acceptors (Lipinski definition) is 4. The summed E-state index contributed by atoms with van der Waals surface area (Å²) in [6, 6.07) is 12.8. The largest absolute Gasteiger partial charge is 0.484 e. The highest BCUT2D eigenvalue weighted by Gasteiger charge is 2.18. The summed E-state index contributed by atoms with van der Waals surface area (Å²) < 4.78 is 11.6. The van der Waals surface area contributed by atoms with Crippen LogP contribution in [0.5, 0.6) is 5.75 Å². The summed E-state index contributed by atoms with van der Waals surface area (Å²) in [5.74, 6) is 1.42. The summed E-state index contributed by atoms with van der Waals surface area (Å²) in [4.78, 5) is 23.7. The van der Waals surface area contributed by atoms with Gasteiger partial charge in [0.1, 0.15) is 17.1 Å². The Morgan fingerprint density at radius 2 is 1.86 bits per heavy atom. The molecule has 29 heavy (non-hydrogen) atoms. The minimum atomic E-state index is -0.199. The molecule has 1 aromatic heterocycles. The van der Waals surface area contributed by atoms with E-state index in [-0.39, 0.29) is 18.4 Å². The Balaban J connectivity index is 1.32. The quantitative estimate of drug-likeness (QED) is 0.674. The van der Waals surface area contributed by atoms with Crippen molar-refractivity contribution in [3.8, 4) is 5.75 Å². The van der Waals surface area contributed by atoms with E-state index in [1.54, 1.807) is 19.2 Å². The van der Waals surface area contributed by atoms with Gasteiger partial charge in [0.15, 0.2) is 6.61 Å². The molecule has 0 aliphatic heterocycles. The Bertz CT molecular complexity index is 1040. The maximum absolute atomic E-state index is 12.1. The Hall–Kier alpha value is -3.28. The molecule has 1 aliphatic carbocycles. The smallest absolute Gasteiger partial charge is 0.258 e. The fourth-order valence-electron chi connectivity index (χ4n) is 3.65. The molecule has 0 unspecified atom stereocenters. The Labute approximate surface area is 169 Å². The van der Waals surface area contributed by atoms with E-state index in [2.05, 4.69) is 10.6 Å². The van der Waals surface area contributed by atoms with Gasteiger partial charge in [-0.3, -0.25) is 9.59 Å². The summed E-state index contributed by atoms with van der Waals surface area (Å²) in [6.45, 7) is 0.326. The molecule has 0 saturated carbocycles. The summed E-state index contributed by atoms with van der Waals surface area (Å²) in [5, 5.41) is 6.50. The predicted molar refractivity (Wildman–Crippen MR) is 110 cm³/mol. The van der Waals surface area contributed by atoms with Crippen molar-refractivity contribution in [2.75, 3.05) is 13.7 Å². The Morgan fingerprint density at radius 3 is 2.66 bits per heavy atom. The van der Waals surface area contributed by atoms with Gasteiger partial charge in [0, 0.05) is 36.5 Å². The van der Waals surface area contributed by atoms with E-state index < -0.39 is 0 Å². The molecule has 4 rings (SSSR count). The first-order valence-corrected chi connectivity index (χ1v) is 9.89. The van der Waals surface area contributed by atoms with Crippen LogP contribution in [0.1, 0.15) is 40.1 Å². The van der Waals surface area contributed by atoms with Crippen LogP contribution >= 0.6 is 0 Å². The first kappa shape index (κ1) is 19.1. The molecule has 0 radical (unpaired) electrons. The van der Waals surface area contributed by atoms with Crippen molar-refractivity contribution < 1.29 is 18.7 Å². The second-order valence-electron chi connectivity index (χ2n) is 7.21. The highest BCUT2D eigenvalue weighted by molar-refractivity contribution is 5.94. The van der Waals surface area contributed by atoms with Gasteiger partial charge in [0.2, 0.25) is 0 Å². The van der Waals surface area contributed by atoms with Crippen molar-refractivity contribution in [1.82, 2.24) is 10.6 Å². The molecule has 0 saturated heterocycles. The lowest BCUT2D eigenvalue weighted by atomic mass is 9.96.